The van der Waals surface area contributed by atoms with Crippen LogP contribution in [0.4, 0.5) is 0 Å². The monoisotopic (exact) mass is 389 g/mol. The molecule has 0 spiro atoms. The smallest absolute Gasteiger partial charge is 0.232 e. The molecule has 1 heterocycles. The summed E-state index contributed by atoms with van der Waals surface area (Å²) in [5, 5.41) is 0. The molecule has 0 unspecified atom stereocenters. The number of hydrogen-bond acceptors (Lipinski definition) is 4. The van der Waals surface area contributed by atoms with Gasteiger partial charge in [0.1, 0.15) is 0 Å². The van der Waals surface area contributed by atoms with E-state index < -0.39 is 9.84 Å². The molecule has 1 amide bonds. The Morgan fingerprint density at radius 2 is 1.69 bits per heavy atom. The van der Waals surface area contributed by atoms with E-state index in [2.05, 4.69) is 0 Å². The van der Waals surface area contributed by atoms with Crippen LogP contribution in [0.3, 0.4) is 0 Å². The molecule has 1 aliphatic rings. The van der Waals surface area contributed by atoms with E-state index in [1.54, 1.807) is 47.0 Å². The maximum atomic E-state index is 12.6. The first-order valence-corrected chi connectivity index (χ1v) is 11.6. The first kappa shape index (κ1) is 19.0. The fourth-order valence-corrected chi connectivity index (χ4v) is 5.72. The van der Waals surface area contributed by atoms with Gasteiger partial charge in [-0.25, -0.2) is 8.42 Å². The van der Waals surface area contributed by atoms with Crippen LogP contribution in [-0.2, 0) is 20.4 Å². The number of amides is 1. The van der Waals surface area contributed by atoms with Gasteiger partial charge in [0.2, 0.25) is 5.91 Å². The fourth-order valence-electron chi connectivity index (χ4n) is 3.23. The number of benzene rings is 2. The number of rotatable bonds is 7. The highest BCUT2D eigenvalue weighted by Crippen LogP contribution is 2.23. The van der Waals surface area contributed by atoms with Crippen molar-refractivity contribution in [3.05, 3.63) is 66.2 Å². The number of likely N-dealkylation sites (tertiary alicyclic amines) is 1. The topological polar surface area (TPSA) is 54.5 Å². The molecule has 0 aliphatic carbocycles. The molecule has 2 aromatic carbocycles. The fraction of sp³-hybridized carbons (Fsp3) is 0.350. The van der Waals surface area contributed by atoms with E-state index in [4.69, 9.17) is 0 Å². The Bertz CT molecular complexity index is 823. The van der Waals surface area contributed by atoms with Gasteiger partial charge in [-0.05, 0) is 30.5 Å². The summed E-state index contributed by atoms with van der Waals surface area (Å²) in [5.74, 6) is 1.22. The van der Waals surface area contributed by atoms with E-state index in [1.807, 2.05) is 30.3 Å². The Hall–Kier alpha value is -1.79. The van der Waals surface area contributed by atoms with Gasteiger partial charge < -0.3 is 4.90 Å². The number of carbonyl (C=O) groups excluding carboxylic acids is 1. The van der Waals surface area contributed by atoms with Crippen molar-refractivity contribution in [2.75, 3.05) is 18.1 Å². The zero-order valence-corrected chi connectivity index (χ0v) is 16.2. The zero-order valence-electron chi connectivity index (χ0n) is 14.6. The molecule has 0 saturated carbocycles. The molecule has 1 saturated heterocycles. The molecular formula is C20H23NO3S2. The second kappa shape index (κ2) is 8.73. The van der Waals surface area contributed by atoms with Gasteiger partial charge in [0, 0.05) is 18.3 Å². The maximum absolute atomic E-state index is 12.6. The Kier molecular flexibility index (Phi) is 6.38. The molecule has 26 heavy (non-hydrogen) atoms. The van der Waals surface area contributed by atoms with Crippen molar-refractivity contribution in [1.29, 1.82) is 0 Å². The molecule has 1 aliphatic heterocycles. The molecule has 1 fully saturated rings. The predicted octanol–water partition coefficient (Wildman–Crippen LogP) is 3.38. The van der Waals surface area contributed by atoms with Crippen molar-refractivity contribution in [3.63, 3.8) is 0 Å². The molecule has 0 aromatic heterocycles. The van der Waals surface area contributed by atoms with Gasteiger partial charge in [-0.15, -0.1) is 11.8 Å². The van der Waals surface area contributed by atoms with Crippen LogP contribution in [0.1, 0.15) is 18.4 Å². The van der Waals surface area contributed by atoms with Crippen molar-refractivity contribution in [2.45, 2.75) is 29.5 Å². The highest BCUT2D eigenvalue weighted by Gasteiger charge is 2.32. The van der Waals surface area contributed by atoms with E-state index in [0.717, 1.165) is 18.6 Å². The van der Waals surface area contributed by atoms with Crippen LogP contribution in [0, 0.1) is 0 Å². The van der Waals surface area contributed by atoms with Gasteiger partial charge >= 0.3 is 0 Å². The van der Waals surface area contributed by atoms with Gasteiger partial charge in [-0.1, -0.05) is 48.5 Å². The summed E-state index contributed by atoms with van der Waals surface area (Å²) < 4.78 is 25.2. The van der Waals surface area contributed by atoms with Gasteiger partial charge in [0.05, 0.1) is 16.4 Å². The molecule has 2 aromatic rings. The van der Waals surface area contributed by atoms with Gasteiger partial charge in [0.15, 0.2) is 9.84 Å². The van der Waals surface area contributed by atoms with Crippen LogP contribution in [-0.4, -0.2) is 43.3 Å². The Morgan fingerprint density at radius 3 is 2.38 bits per heavy atom. The van der Waals surface area contributed by atoms with E-state index >= 15 is 0 Å². The Labute approximate surface area is 159 Å². The van der Waals surface area contributed by atoms with Crippen LogP contribution >= 0.6 is 11.8 Å². The summed E-state index contributed by atoms with van der Waals surface area (Å²) in [7, 11) is -3.37. The Balaban J connectivity index is 1.56. The third kappa shape index (κ3) is 4.89. The molecular weight excluding hydrogens is 366 g/mol. The molecule has 1 atom stereocenters. The Morgan fingerprint density at radius 1 is 1.04 bits per heavy atom. The van der Waals surface area contributed by atoms with Gasteiger partial charge in [-0.3, -0.25) is 4.79 Å². The normalized spacial score (nSPS) is 17.4. The average molecular weight is 390 g/mol. The molecule has 0 radical (unpaired) electrons. The zero-order chi connectivity index (χ0) is 18.4. The van der Waals surface area contributed by atoms with Crippen LogP contribution in [0.15, 0.2) is 65.6 Å². The van der Waals surface area contributed by atoms with Crippen molar-refractivity contribution in [1.82, 2.24) is 4.90 Å². The number of carbonyl (C=O) groups is 1. The minimum atomic E-state index is -3.37. The lowest BCUT2D eigenvalue weighted by atomic mass is 10.2. The first-order valence-electron chi connectivity index (χ1n) is 8.75. The summed E-state index contributed by atoms with van der Waals surface area (Å²) in [6, 6.07) is 18.3. The van der Waals surface area contributed by atoms with Crippen molar-refractivity contribution in [3.8, 4) is 0 Å². The lowest BCUT2D eigenvalue weighted by Crippen LogP contribution is -2.40. The molecule has 4 nitrogen and oxygen atoms in total. The summed E-state index contributed by atoms with van der Waals surface area (Å²) in [6.07, 6.45) is 1.62. The average Bonchev–Trinajstić information content (AvgIpc) is 3.11. The summed E-state index contributed by atoms with van der Waals surface area (Å²) in [6.45, 7) is 0.652. The third-order valence-corrected chi connectivity index (χ3v) is 7.35. The quantitative estimate of drug-likeness (QED) is 0.728. The van der Waals surface area contributed by atoms with Crippen LogP contribution in [0.2, 0.25) is 0 Å². The van der Waals surface area contributed by atoms with Crippen molar-refractivity contribution >= 4 is 27.5 Å². The van der Waals surface area contributed by atoms with E-state index in [9.17, 15) is 13.2 Å². The van der Waals surface area contributed by atoms with E-state index in [-0.39, 0.29) is 17.7 Å². The molecule has 6 heteroatoms. The highest BCUT2D eigenvalue weighted by atomic mass is 32.2. The molecule has 0 bridgehead atoms. The van der Waals surface area contributed by atoms with Crippen molar-refractivity contribution < 1.29 is 13.2 Å². The number of nitrogens with zero attached hydrogens (tertiary/aromatic N) is 1. The summed E-state index contributed by atoms with van der Waals surface area (Å²) in [5.41, 5.74) is 1.19. The minimum Gasteiger partial charge on any atom is -0.338 e. The predicted molar refractivity (Wildman–Crippen MR) is 106 cm³/mol. The lowest BCUT2D eigenvalue weighted by molar-refractivity contribution is -0.128. The van der Waals surface area contributed by atoms with Crippen LogP contribution in [0.5, 0.6) is 0 Å². The van der Waals surface area contributed by atoms with E-state index in [0.29, 0.717) is 17.2 Å². The molecule has 138 valence electrons. The second-order valence-electron chi connectivity index (χ2n) is 6.46. The third-order valence-electron chi connectivity index (χ3n) is 4.55. The number of thioether (sulfide) groups is 1. The van der Waals surface area contributed by atoms with Crippen LogP contribution < -0.4 is 0 Å². The first-order chi connectivity index (χ1) is 12.6. The molecule has 3 rings (SSSR count). The van der Waals surface area contributed by atoms with Gasteiger partial charge in [-0.2, -0.15) is 0 Å². The summed E-state index contributed by atoms with van der Waals surface area (Å²) in [4.78, 5) is 14.7. The van der Waals surface area contributed by atoms with Gasteiger partial charge in [0.25, 0.3) is 0 Å². The second-order valence-corrected chi connectivity index (χ2v) is 9.48. The van der Waals surface area contributed by atoms with Crippen LogP contribution in [0.25, 0.3) is 0 Å². The highest BCUT2D eigenvalue weighted by molar-refractivity contribution is 7.99. The standard InChI is InChI=1S/C20H23NO3S2/c22-20(15-25-14-17-8-3-1-4-9-17)21-13-7-10-18(21)16-26(23,24)19-11-5-2-6-12-19/h1-6,8-9,11-12,18H,7,10,13-16H2/t18-/m1/s1. The number of hydrogen-bond donors (Lipinski definition) is 0. The SMILES string of the molecule is O=C(CSCc1ccccc1)N1CCC[C@@H]1CS(=O)(=O)c1ccccc1. The largest absolute Gasteiger partial charge is 0.338 e. The van der Waals surface area contributed by atoms with E-state index in [1.165, 1.54) is 5.56 Å². The maximum Gasteiger partial charge on any atom is 0.232 e. The van der Waals surface area contributed by atoms with Crippen molar-refractivity contribution in [2.24, 2.45) is 0 Å². The molecule has 0 N–H and O–H groups in total. The minimum absolute atomic E-state index is 0.00606. The summed E-state index contributed by atoms with van der Waals surface area (Å²) >= 11 is 1.58. The lowest BCUT2D eigenvalue weighted by Gasteiger charge is -2.24. The number of sulfone groups is 1.